The van der Waals surface area contributed by atoms with Crippen molar-refractivity contribution >= 4 is 5.91 Å². The zero-order valence-corrected chi connectivity index (χ0v) is 29.9. The molecule has 0 aromatic heterocycles. The van der Waals surface area contributed by atoms with Gasteiger partial charge < -0.3 is 25.4 Å². The summed E-state index contributed by atoms with van der Waals surface area (Å²) in [7, 11) is 1.89. The van der Waals surface area contributed by atoms with Gasteiger partial charge in [-0.25, -0.2) is 0 Å². The molecule has 6 nitrogen and oxygen atoms in total. The Bertz CT molecular complexity index is 699. The van der Waals surface area contributed by atoms with Crippen molar-refractivity contribution in [3.63, 3.8) is 0 Å². The minimum atomic E-state index is -0.316. The van der Waals surface area contributed by atoms with Crippen LogP contribution in [0.5, 0.6) is 0 Å². The molecule has 0 aromatic rings. The molecule has 1 unspecified atom stereocenters. The standard InChI is InChI=1S/C35H73N3O3/c1-14-17-19-23-37-24-20-18-21-29(36-13)30(39)38-27-31(4,5)26-32(6,7)34(10,11)40-25-22-33(8,9)41-28-35(12,15-2)16-3/h29,36-37H,14-28H2,1-13H3,(H,38,39). The van der Waals surface area contributed by atoms with Crippen LogP contribution >= 0.6 is 0 Å². The maximum Gasteiger partial charge on any atom is 0.237 e. The monoisotopic (exact) mass is 584 g/mol. The Morgan fingerprint density at radius 2 is 1.39 bits per heavy atom. The first kappa shape index (κ1) is 40.3. The maximum absolute atomic E-state index is 13.0. The molecule has 0 aliphatic heterocycles. The van der Waals surface area contributed by atoms with Gasteiger partial charge in [0.1, 0.15) is 0 Å². The highest BCUT2D eigenvalue weighted by Crippen LogP contribution is 2.43. The van der Waals surface area contributed by atoms with Crippen LogP contribution < -0.4 is 16.0 Å². The molecule has 0 saturated heterocycles. The van der Waals surface area contributed by atoms with Gasteiger partial charge in [-0.3, -0.25) is 4.79 Å². The Morgan fingerprint density at radius 1 is 0.805 bits per heavy atom. The van der Waals surface area contributed by atoms with E-state index in [0.29, 0.717) is 13.2 Å². The predicted octanol–water partition coefficient (Wildman–Crippen LogP) is 7.89. The maximum atomic E-state index is 13.0. The second-order valence-electron chi connectivity index (χ2n) is 15.4. The molecule has 0 saturated carbocycles. The van der Waals surface area contributed by atoms with E-state index < -0.39 is 0 Å². The fourth-order valence-corrected chi connectivity index (χ4v) is 5.19. The smallest absolute Gasteiger partial charge is 0.237 e. The van der Waals surface area contributed by atoms with E-state index in [9.17, 15) is 4.79 Å². The van der Waals surface area contributed by atoms with Crippen LogP contribution in [0.15, 0.2) is 0 Å². The summed E-state index contributed by atoms with van der Waals surface area (Å²) in [5.74, 6) is 0.106. The molecule has 0 aromatic carbocycles. The number of unbranched alkanes of at least 4 members (excludes halogenated alkanes) is 3. The van der Waals surface area contributed by atoms with Crippen molar-refractivity contribution in [3.05, 3.63) is 0 Å². The van der Waals surface area contributed by atoms with Gasteiger partial charge in [0, 0.05) is 6.54 Å². The van der Waals surface area contributed by atoms with Crippen LogP contribution in [0.1, 0.15) is 147 Å². The Labute approximate surface area is 256 Å². The van der Waals surface area contributed by atoms with Gasteiger partial charge in [-0.2, -0.15) is 0 Å². The molecule has 0 aliphatic carbocycles. The molecular formula is C35H73N3O3. The molecule has 41 heavy (non-hydrogen) atoms. The lowest BCUT2D eigenvalue weighted by molar-refractivity contribution is -0.134. The van der Waals surface area contributed by atoms with Crippen LogP contribution in [0.25, 0.3) is 0 Å². The number of amides is 1. The summed E-state index contributed by atoms with van der Waals surface area (Å²) in [4.78, 5) is 13.0. The first-order chi connectivity index (χ1) is 18.9. The fraction of sp³-hybridized carbons (Fsp3) is 0.971. The van der Waals surface area contributed by atoms with Gasteiger partial charge in [0.25, 0.3) is 0 Å². The fourth-order valence-electron chi connectivity index (χ4n) is 5.19. The molecule has 0 spiro atoms. The highest BCUT2D eigenvalue weighted by Gasteiger charge is 2.42. The molecular weight excluding hydrogens is 510 g/mol. The van der Waals surface area contributed by atoms with E-state index in [2.05, 4.69) is 99.0 Å². The third-order valence-electron chi connectivity index (χ3n) is 9.70. The van der Waals surface area contributed by atoms with E-state index in [1.165, 1.54) is 19.3 Å². The summed E-state index contributed by atoms with van der Waals surface area (Å²) >= 11 is 0. The Kier molecular flexibility index (Phi) is 18.5. The average Bonchev–Trinajstić information content (AvgIpc) is 2.89. The van der Waals surface area contributed by atoms with Crippen LogP contribution in [0.2, 0.25) is 0 Å². The third-order valence-corrected chi connectivity index (χ3v) is 9.70. The minimum absolute atomic E-state index is 0.0619. The molecule has 6 heteroatoms. The van der Waals surface area contributed by atoms with Gasteiger partial charge in [0.15, 0.2) is 0 Å². The van der Waals surface area contributed by atoms with Crippen molar-refractivity contribution in [1.82, 2.24) is 16.0 Å². The molecule has 1 atom stereocenters. The molecule has 0 heterocycles. The minimum Gasteiger partial charge on any atom is -0.375 e. The average molecular weight is 584 g/mol. The van der Waals surface area contributed by atoms with Gasteiger partial charge in [-0.05, 0) is 109 Å². The summed E-state index contributed by atoms with van der Waals surface area (Å²) < 4.78 is 12.9. The molecule has 246 valence electrons. The van der Waals surface area contributed by atoms with Crippen LogP contribution in [0.3, 0.4) is 0 Å². The molecule has 3 N–H and O–H groups in total. The number of ether oxygens (including phenoxy) is 2. The lowest BCUT2D eigenvalue weighted by Crippen LogP contribution is -2.49. The van der Waals surface area contributed by atoms with E-state index in [4.69, 9.17) is 9.47 Å². The molecule has 0 aliphatic rings. The number of carbonyl (C=O) groups excluding carboxylic acids is 1. The van der Waals surface area contributed by atoms with Crippen molar-refractivity contribution in [3.8, 4) is 0 Å². The highest BCUT2D eigenvalue weighted by molar-refractivity contribution is 5.81. The van der Waals surface area contributed by atoms with Crippen LogP contribution in [-0.4, -0.2) is 63.0 Å². The summed E-state index contributed by atoms with van der Waals surface area (Å²) in [5.41, 5.74) is -0.442. The SMILES string of the molecule is CCCCCNCCCCC(NC)C(=O)NCC(C)(C)CC(C)(C)C(C)(C)OCCC(C)(C)OCC(C)(CC)CC. The molecule has 1 amide bonds. The van der Waals surface area contributed by atoms with Crippen molar-refractivity contribution in [1.29, 1.82) is 0 Å². The van der Waals surface area contributed by atoms with E-state index in [-0.39, 0.29) is 39.4 Å². The predicted molar refractivity (Wildman–Crippen MR) is 178 cm³/mol. The quantitative estimate of drug-likeness (QED) is 0.0953. The topological polar surface area (TPSA) is 71.6 Å². The van der Waals surface area contributed by atoms with Gasteiger partial charge >= 0.3 is 0 Å². The summed E-state index contributed by atoms with van der Waals surface area (Å²) in [6.07, 6.45) is 10.8. The number of rotatable bonds is 25. The van der Waals surface area contributed by atoms with E-state index in [1.807, 2.05) is 7.05 Å². The Morgan fingerprint density at radius 3 is 1.93 bits per heavy atom. The third kappa shape index (κ3) is 16.7. The second-order valence-corrected chi connectivity index (χ2v) is 15.4. The van der Waals surface area contributed by atoms with Crippen LogP contribution in [0, 0.1) is 16.2 Å². The summed E-state index contributed by atoms with van der Waals surface area (Å²) in [5, 5.41) is 9.99. The summed E-state index contributed by atoms with van der Waals surface area (Å²) in [6, 6.07) is -0.142. The van der Waals surface area contributed by atoms with Crippen LogP contribution in [-0.2, 0) is 14.3 Å². The van der Waals surface area contributed by atoms with Gasteiger partial charge in [0.2, 0.25) is 5.91 Å². The zero-order valence-electron chi connectivity index (χ0n) is 29.9. The zero-order chi connectivity index (χ0) is 31.8. The van der Waals surface area contributed by atoms with Crippen molar-refractivity contribution in [2.75, 3.05) is 39.9 Å². The number of nitrogens with one attached hydrogen (secondary N) is 3. The number of hydrogen-bond acceptors (Lipinski definition) is 5. The number of hydrogen-bond donors (Lipinski definition) is 3. The summed E-state index contributed by atoms with van der Waals surface area (Å²) in [6.45, 7) is 31.1. The lowest BCUT2D eigenvalue weighted by atomic mass is 9.67. The van der Waals surface area contributed by atoms with Crippen molar-refractivity contribution in [2.24, 2.45) is 16.2 Å². The Hall–Kier alpha value is -0.690. The first-order valence-electron chi connectivity index (χ1n) is 16.8. The van der Waals surface area contributed by atoms with E-state index >= 15 is 0 Å². The first-order valence-corrected chi connectivity index (χ1v) is 16.8. The van der Waals surface area contributed by atoms with Gasteiger partial charge in [0.05, 0.1) is 30.5 Å². The van der Waals surface area contributed by atoms with Crippen LogP contribution in [0.4, 0.5) is 0 Å². The molecule has 0 rings (SSSR count). The number of likely N-dealkylation sites (N-methyl/N-ethyl adjacent to an activating group) is 1. The largest absolute Gasteiger partial charge is 0.375 e. The molecule has 0 radical (unpaired) electrons. The van der Waals surface area contributed by atoms with Crippen molar-refractivity contribution in [2.45, 2.75) is 165 Å². The van der Waals surface area contributed by atoms with Gasteiger partial charge in [-0.15, -0.1) is 0 Å². The van der Waals surface area contributed by atoms with Crippen molar-refractivity contribution < 1.29 is 14.3 Å². The normalized spacial score (nSPS) is 14.4. The highest BCUT2D eigenvalue weighted by atomic mass is 16.5. The van der Waals surface area contributed by atoms with E-state index in [0.717, 1.165) is 64.6 Å². The lowest BCUT2D eigenvalue weighted by Gasteiger charge is -2.46. The second kappa shape index (κ2) is 18.9. The van der Waals surface area contributed by atoms with E-state index in [1.54, 1.807) is 0 Å². The molecule has 0 fully saturated rings. The van der Waals surface area contributed by atoms with Gasteiger partial charge in [-0.1, -0.05) is 74.7 Å². The number of carbonyl (C=O) groups is 1. The molecule has 0 bridgehead atoms. The Balaban J connectivity index is 4.71.